The fourth-order valence-electron chi connectivity index (χ4n) is 3.47. The molecule has 3 rings (SSSR count). The van der Waals surface area contributed by atoms with E-state index < -0.39 is 0 Å². The molecule has 3 heteroatoms. The normalized spacial score (nSPS) is 12.7. The molecule has 0 fully saturated rings. The second kappa shape index (κ2) is 6.63. The highest BCUT2D eigenvalue weighted by Crippen LogP contribution is 2.46. The molecule has 0 amide bonds. The summed E-state index contributed by atoms with van der Waals surface area (Å²) < 4.78 is 11.4. The molecule has 0 atom stereocenters. The number of hydrogen-bond donors (Lipinski definition) is 0. The molecular weight excluding hydrogens is 286 g/mol. The summed E-state index contributed by atoms with van der Waals surface area (Å²) in [5, 5.41) is 0. The Morgan fingerprint density at radius 1 is 1.04 bits per heavy atom. The summed E-state index contributed by atoms with van der Waals surface area (Å²) in [6.07, 6.45) is 3.18. The van der Waals surface area contributed by atoms with Gasteiger partial charge in [0.25, 0.3) is 0 Å². The van der Waals surface area contributed by atoms with Crippen LogP contribution in [0.3, 0.4) is 0 Å². The first-order chi connectivity index (χ1) is 11.2. The first-order valence-corrected chi connectivity index (χ1v) is 8.15. The lowest BCUT2D eigenvalue weighted by Gasteiger charge is -2.26. The monoisotopic (exact) mass is 311 g/mol. The molecule has 122 valence electrons. The van der Waals surface area contributed by atoms with Crippen molar-refractivity contribution in [3.8, 4) is 22.6 Å². The van der Waals surface area contributed by atoms with Crippen LogP contribution in [0.5, 0.6) is 11.5 Å². The van der Waals surface area contributed by atoms with Crippen LogP contribution in [-0.2, 0) is 19.3 Å². The van der Waals surface area contributed by atoms with Crippen LogP contribution in [0.25, 0.3) is 11.1 Å². The summed E-state index contributed by atoms with van der Waals surface area (Å²) in [5.41, 5.74) is 6.70. The molecule has 0 unspecified atom stereocenters. The summed E-state index contributed by atoms with van der Waals surface area (Å²) in [6, 6.07) is 10.8. The fraction of sp³-hybridized carbons (Fsp3) is 0.400. The highest BCUT2D eigenvalue weighted by atomic mass is 16.5. The lowest BCUT2D eigenvalue weighted by Crippen LogP contribution is -2.17. The number of rotatable bonds is 5. The Morgan fingerprint density at radius 2 is 1.83 bits per heavy atom. The second-order valence-electron chi connectivity index (χ2n) is 6.34. The van der Waals surface area contributed by atoms with Crippen LogP contribution in [0, 0.1) is 0 Å². The topological polar surface area (TPSA) is 21.7 Å². The van der Waals surface area contributed by atoms with Crippen molar-refractivity contribution >= 4 is 0 Å². The number of ether oxygens (including phenoxy) is 2. The van der Waals surface area contributed by atoms with Crippen LogP contribution in [0.1, 0.15) is 16.7 Å². The molecule has 1 aliphatic carbocycles. The van der Waals surface area contributed by atoms with E-state index in [9.17, 15) is 0 Å². The van der Waals surface area contributed by atoms with E-state index in [0.717, 1.165) is 37.3 Å². The van der Waals surface area contributed by atoms with Gasteiger partial charge >= 0.3 is 0 Å². The molecule has 2 aromatic rings. The van der Waals surface area contributed by atoms with Crippen LogP contribution in [-0.4, -0.2) is 39.8 Å². The Kier molecular flexibility index (Phi) is 4.58. The van der Waals surface area contributed by atoms with Crippen molar-refractivity contribution in [2.24, 2.45) is 0 Å². The van der Waals surface area contributed by atoms with Gasteiger partial charge in [0, 0.05) is 12.1 Å². The van der Waals surface area contributed by atoms with Crippen LogP contribution in [0.15, 0.2) is 30.3 Å². The zero-order valence-electron chi connectivity index (χ0n) is 14.5. The Hall–Kier alpha value is -2.00. The molecule has 0 heterocycles. The lowest BCUT2D eigenvalue weighted by molar-refractivity contribution is 0.354. The molecule has 1 aliphatic rings. The van der Waals surface area contributed by atoms with Gasteiger partial charge in [0.15, 0.2) is 11.5 Å². The third-order valence-electron chi connectivity index (χ3n) is 4.63. The maximum absolute atomic E-state index is 5.74. The van der Waals surface area contributed by atoms with Gasteiger partial charge in [-0.1, -0.05) is 24.3 Å². The van der Waals surface area contributed by atoms with Crippen LogP contribution < -0.4 is 9.47 Å². The van der Waals surface area contributed by atoms with E-state index in [1.807, 2.05) is 0 Å². The molecule has 0 saturated carbocycles. The van der Waals surface area contributed by atoms with Crippen molar-refractivity contribution < 1.29 is 9.47 Å². The highest BCUT2D eigenvalue weighted by Gasteiger charge is 2.25. The smallest absolute Gasteiger partial charge is 0.168 e. The first-order valence-electron chi connectivity index (χ1n) is 8.15. The number of likely N-dealkylation sites (N-methyl/N-ethyl adjacent to an activating group) is 1. The minimum atomic E-state index is 0.830. The predicted octanol–water partition coefficient (Wildman–Crippen LogP) is 3.57. The van der Waals surface area contributed by atoms with Gasteiger partial charge < -0.3 is 14.4 Å². The molecule has 0 radical (unpaired) electrons. The minimum absolute atomic E-state index is 0.830. The Bertz CT molecular complexity index is 707. The SMILES string of the molecule is COc1cc(CCN(C)C)c2c(c1OC)-c1ccccc1CC2. The maximum atomic E-state index is 5.74. The lowest BCUT2D eigenvalue weighted by atomic mass is 9.81. The van der Waals surface area contributed by atoms with Crippen molar-refractivity contribution in [3.63, 3.8) is 0 Å². The average Bonchev–Trinajstić information content (AvgIpc) is 2.58. The van der Waals surface area contributed by atoms with E-state index in [0.29, 0.717) is 0 Å². The Morgan fingerprint density at radius 3 is 2.52 bits per heavy atom. The summed E-state index contributed by atoms with van der Waals surface area (Å²) >= 11 is 0. The summed E-state index contributed by atoms with van der Waals surface area (Å²) in [5.74, 6) is 1.69. The van der Waals surface area contributed by atoms with Gasteiger partial charge in [-0.2, -0.15) is 0 Å². The Balaban J connectivity index is 2.20. The van der Waals surface area contributed by atoms with Gasteiger partial charge in [-0.3, -0.25) is 0 Å². The van der Waals surface area contributed by atoms with Gasteiger partial charge in [-0.05, 0) is 61.7 Å². The van der Waals surface area contributed by atoms with Crippen molar-refractivity contribution in [2.75, 3.05) is 34.9 Å². The highest BCUT2D eigenvalue weighted by molar-refractivity contribution is 5.82. The number of nitrogens with zero attached hydrogens (tertiary/aromatic N) is 1. The molecule has 0 saturated heterocycles. The van der Waals surface area contributed by atoms with E-state index in [1.165, 1.54) is 27.8 Å². The van der Waals surface area contributed by atoms with Gasteiger partial charge in [-0.25, -0.2) is 0 Å². The summed E-state index contributed by atoms with van der Waals surface area (Å²) in [7, 11) is 7.68. The molecular formula is C20H25NO2. The maximum Gasteiger partial charge on any atom is 0.168 e. The fourth-order valence-corrected chi connectivity index (χ4v) is 3.47. The average molecular weight is 311 g/mol. The van der Waals surface area contributed by atoms with E-state index in [2.05, 4.69) is 49.3 Å². The standard InChI is InChI=1S/C20H25NO2/c1-21(2)12-11-15-13-18(22-3)20(23-4)19-16-8-6-5-7-14(16)9-10-17(15)19/h5-8,13H,9-12H2,1-4H3. The van der Waals surface area contributed by atoms with E-state index in [4.69, 9.17) is 9.47 Å². The van der Waals surface area contributed by atoms with Crippen LogP contribution in [0.4, 0.5) is 0 Å². The molecule has 0 bridgehead atoms. The predicted molar refractivity (Wildman–Crippen MR) is 94.6 cm³/mol. The van der Waals surface area contributed by atoms with Crippen LogP contribution >= 0.6 is 0 Å². The van der Waals surface area contributed by atoms with Crippen molar-refractivity contribution in [1.82, 2.24) is 4.90 Å². The molecule has 0 spiro atoms. The van der Waals surface area contributed by atoms with Crippen LogP contribution in [0.2, 0.25) is 0 Å². The zero-order valence-corrected chi connectivity index (χ0v) is 14.5. The third-order valence-corrected chi connectivity index (χ3v) is 4.63. The molecule has 3 nitrogen and oxygen atoms in total. The van der Waals surface area contributed by atoms with Crippen molar-refractivity contribution in [2.45, 2.75) is 19.3 Å². The van der Waals surface area contributed by atoms with Crippen molar-refractivity contribution in [1.29, 1.82) is 0 Å². The quantitative estimate of drug-likeness (QED) is 0.842. The largest absolute Gasteiger partial charge is 0.493 e. The number of hydrogen-bond acceptors (Lipinski definition) is 3. The molecule has 0 aromatic heterocycles. The van der Waals surface area contributed by atoms with Gasteiger partial charge in [0.05, 0.1) is 14.2 Å². The molecule has 0 aliphatic heterocycles. The number of benzene rings is 2. The molecule has 2 aromatic carbocycles. The van der Waals surface area contributed by atoms with Gasteiger partial charge in [-0.15, -0.1) is 0 Å². The van der Waals surface area contributed by atoms with Crippen molar-refractivity contribution in [3.05, 3.63) is 47.0 Å². The van der Waals surface area contributed by atoms with Gasteiger partial charge in [0.2, 0.25) is 0 Å². The van der Waals surface area contributed by atoms with E-state index >= 15 is 0 Å². The molecule has 23 heavy (non-hydrogen) atoms. The zero-order chi connectivity index (χ0) is 16.4. The summed E-state index contributed by atoms with van der Waals surface area (Å²) in [6.45, 7) is 1.03. The second-order valence-corrected chi connectivity index (χ2v) is 6.34. The summed E-state index contributed by atoms with van der Waals surface area (Å²) in [4.78, 5) is 2.22. The molecule has 0 N–H and O–H groups in total. The number of aryl methyl sites for hydroxylation is 1. The number of methoxy groups -OCH3 is 2. The van der Waals surface area contributed by atoms with E-state index in [-0.39, 0.29) is 0 Å². The van der Waals surface area contributed by atoms with E-state index in [1.54, 1.807) is 14.2 Å². The number of fused-ring (bicyclic) bond motifs is 3. The first kappa shape index (κ1) is 15.9. The van der Waals surface area contributed by atoms with Gasteiger partial charge in [0.1, 0.15) is 0 Å². The Labute approximate surface area is 138 Å². The third kappa shape index (κ3) is 2.93. The minimum Gasteiger partial charge on any atom is -0.493 e.